The van der Waals surface area contributed by atoms with Gasteiger partial charge in [0.2, 0.25) is 0 Å². The van der Waals surface area contributed by atoms with E-state index in [4.69, 9.17) is 14.2 Å². The number of unbranched alkanes of at least 4 members (excludes halogenated alkanes) is 22. The Morgan fingerprint density at radius 1 is 0.276 bits per heavy atom. The molecule has 0 aliphatic heterocycles. The van der Waals surface area contributed by atoms with E-state index in [2.05, 4.69) is 154 Å². The highest BCUT2D eigenvalue weighted by Crippen LogP contribution is 2.14. The highest BCUT2D eigenvalue weighted by molar-refractivity contribution is 5.71. The fourth-order valence-electron chi connectivity index (χ4n) is 8.20. The highest BCUT2D eigenvalue weighted by Gasteiger charge is 2.19. The van der Waals surface area contributed by atoms with Gasteiger partial charge in [0.1, 0.15) is 13.2 Å². The van der Waals surface area contributed by atoms with Crippen LogP contribution in [0, 0.1) is 0 Å². The Balaban J connectivity index is 4.39. The van der Waals surface area contributed by atoms with Crippen molar-refractivity contribution in [2.24, 2.45) is 0 Å². The Hall–Kier alpha value is -4.45. The van der Waals surface area contributed by atoms with E-state index in [-0.39, 0.29) is 31.1 Å². The molecule has 76 heavy (non-hydrogen) atoms. The summed E-state index contributed by atoms with van der Waals surface area (Å²) in [6.45, 7) is 6.41. The lowest BCUT2D eigenvalue weighted by Gasteiger charge is -2.18. The van der Waals surface area contributed by atoms with Crippen molar-refractivity contribution in [3.8, 4) is 0 Å². The van der Waals surface area contributed by atoms with Crippen molar-refractivity contribution in [2.45, 2.75) is 277 Å². The lowest BCUT2D eigenvalue weighted by Crippen LogP contribution is -2.30. The zero-order valence-electron chi connectivity index (χ0n) is 49.2. The van der Waals surface area contributed by atoms with E-state index in [1.165, 1.54) is 83.5 Å². The predicted octanol–water partition coefficient (Wildman–Crippen LogP) is 21.4. The second-order valence-corrected chi connectivity index (χ2v) is 20.2. The van der Waals surface area contributed by atoms with Crippen molar-refractivity contribution in [3.05, 3.63) is 134 Å². The Morgan fingerprint density at radius 3 is 0.882 bits per heavy atom. The molecule has 0 rings (SSSR count). The Bertz CT molecular complexity index is 1630. The van der Waals surface area contributed by atoms with Gasteiger partial charge in [0, 0.05) is 19.3 Å². The fraction of sp³-hybridized carbons (Fsp3) is 0.643. The van der Waals surface area contributed by atoms with Crippen LogP contribution < -0.4 is 0 Å². The summed E-state index contributed by atoms with van der Waals surface area (Å²) in [5.74, 6) is -0.953. The zero-order chi connectivity index (χ0) is 55.0. The molecular formula is C70H114O6. The summed E-state index contributed by atoms with van der Waals surface area (Å²) in [5.41, 5.74) is 0. The Labute approximate surface area is 468 Å². The van der Waals surface area contributed by atoms with Crippen molar-refractivity contribution in [1.29, 1.82) is 0 Å². The van der Waals surface area contributed by atoms with Gasteiger partial charge >= 0.3 is 17.9 Å². The molecule has 6 nitrogen and oxygen atoms in total. The first-order valence-corrected chi connectivity index (χ1v) is 31.2. The van der Waals surface area contributed by atoms with Gasteiger partial charge < -0.3 is 14.2 Å². The number of hydrogen-bond donors (Lipinski definition) is 0. The van der Waals surface area contributed by atoms with Gasteiger partial charge in [0.05, 0.1) is 0 Å². The Morgan fingerprint density at radius 2 is 0.539 bits per heavy atom. The van der Waals surface area contributed by atoms with Crippen molar-refractivity contribution in [2.75, 3.05) is 13.2 Å². The molecule has 0 aliphatic rings. The molecule has 0 aromatic heterocycles. The second-order valence-electron chi connectivity index (χ2n) is 20.2. The van der Waals surface area contributed by atoms with Crippen molar-refractivity contribution in [3.63, 3.8) is 0 Å². The van der Waals surface area contributed by atoms with Crippen LogP contribution in [0.3, 0.4) is 0 Å². The summed E-state index contributed by atoms with van der Waals surface area (Å²) in [4.78, 5) is 38.2. The second kappa shape index (κ2) is 63.1. The van der Waals surface area contributed by atoms with Gasteiger partial charge in [-0.15, -0.1) is 0 Å². The number of hydrogen-bond acceptors (Lipinski definition) is 6. The van der Waals surface area contributed by atoms with Gasteiger partial charge in [-0.05, 0) is 135 Å². The average Bonchev–Trinajstić information content (AvgIpc) is 3.42. The number of rotatable bonds is 55. The van der Waals surface area contributed by atoms with Gasteiger partial charge in [-0.2, -0.15) is 0 Å². The molecule has 0 spiro atoms. The van der Waals surface area contributed by atoms with Crippen molar-refractivity contribution >= 4 is 17.9 Å². The predicted molar refractivity (Wildman–Crippen MR) is 329 cm³/mol. The fourth-order valence-corrected chi connectivity index (χ4v) is 8.20. The number of carbonyl (C=O) groups is 3. The van der Waals surface area contributed by atoms with Gasteiger partial charge in [-0.1, -0.05) is 251 Å². The molecule has 0 saturated heterocycles. The molecule has 0 bridgehead atoms. The zero-order valence-corrected chi connectivity index (χ0v) is 49.2. The molecule has 0 aliphatic carbocycles. The first-order valence-electron chi connectivity index (χ1n) is 31.2. The van der Waals surface area contributed by atoms with E-state index < -0.39 is 6.10 Å². The van der Waals surface area contributed by atoms with Crippen LogP contribution in [0.2, 0.25) is 0 Å². The molecule has 430 valence electrons. The van der Waals surface area contributed by atoms with Crippen LogP contribution in [-0.4, -0.2) is 37.2 Å². The third-order valence-corrected chi connectivity index (χ3v) is 12.8. The molecule has 0 aromatic rings. The van der Waals surface area contributed by atoms with E-state index in [1.54, 1.807) is 0 Å². The van der Waals surface area contributed by atoms with E-state index >= 15 is 0 Å². The normalized spacial score (nSPS) is 13.0. The van der Waals surface area contributed by atoms with Crippen LogP contribution in [0.1, 0.15) is 271 Å². The third-order valence-electron chi connectivity index (χ3n) is 12.8. The van der Waals surface area contributed by atoms with Crippen LogP contribution in [0.25, 0.3) is 0 Å². The molecular weight excluding hydrogens is 937 g/mol. The molecule has 0 N–H and O–H groups in total. The minimum Gasteiger partial charge on any atom is -0.462 e. The number of carbonyl (C=O) groups excluding carboxylic acids is 3. The first-order chi connectivity index (χ1) is 37.5. The van der Waals surface area contributed by atoms with Gasteiger partial charge in [0.25, 0.3) is 0 Å². The third kappa shape index (κ3) is 60.4. The summed E-state index contributed by atoms with van der Waals surface area (Å²) in [6.07, 6.45) is 88.8. The maximum absolute atomic E-state index is 12.9. The Kier molecular flexibility index (Phi) is 59.4. The summed E-state index contributed by atoms with van der Waals surface area (Å²) in [7, 11) is 0. The lowest BCUT2D eigenvalue weighted by molar-refractivity contribution is -0.167. The standard InChI is InChI=1S/C70H114O6/c1-4-7-10-13-16-19-22-24-26-28-30-32-34-35-37-38-40-42-44-46-48-51-54-57-60-63-69(72)75-66-67(65-74-68(71)62-59-56-53-50-21-18-15-12-9-6-3)76-70(73)64-61-58-55-52-49-47-45-43-41-39-36-33-31-29-27-25-23-20-17-14-11-8-5-2/h7,10,12,15-16,19,23-26,29-32,35-37,39-40,42,46,48,67H,4-6,8-9,11,13-14,17-18,20-22,27-28,33-34,38,41,43-45,47,49-66H2,1-3H3/b10-7-,15-12-,19-16-,25-23-,26-24-,31-29-,32-30-,37-35-,39-36-,42-40-,48-46-. The van der Waals surface area contributed by atoms with Crippen molar-refractivity contribution < 1.29 is 28.6 Å². The van der Waals surface area contributed by atoms with Crippen LogP contribution in [-0.2, 0) is 28.6 Å². The van der Waals surface area contributed by atoms with Crippen LogP contribution in [0.5, 0.6) is 0 Å². The molecule has 0 saturated carbocycles. The largest absolute Gasteiger partial charge is 0.462 e. The summed E-state index contributed by atoms with van der Waals surface area (Å²) < 4.78 is 16.8. The molecule has 1 unspecified atom stereocenters. The van der Waals surface area contributed by atoms with Crippen LogP contribution in [0.15, 0.2) is 134 Å². The lowest BCUT2D eigenvalue weighted by atomic mass is 10.1. The highest BCUT2D eigenvalue weighted by atomic mass is 16.6. The van der Waals surface area contributed by atoms with Crippen LogP contribution in [0.4, 0.5) is 0 Å². The molecule has 0 radical (unpaired) electrons. The summed E-state index contributed by atoms with van der Waals surface area (Å²) in [6, 6.07) is 0. The summed E-state index contributed by atoms with van der Waals surface area (Å²) in [5, 5.41) is 0. The maximum Gasteiger partial charge on any atom is 0.306 e. The van der Waals surface area contributed by atoms with Gasteiger partial charge in [-0.3, -0.25) is 14.4 Å². The van der Waals surface area contributed by atoms with Crippen molar-refractivity contribution in [1.82, 2.24) is 0 Å². The topological polar surface area (TPSA) is 78.9 Å². The van der Waals surface area contributed by atoms with Crippen LogP contribution >= 0.6 is 0 Å². The number of allylic oxidation sites excluding steroid dienone is 22. The van der Waals surface area contributed by atoms with E-state index in [0.717, 1.165) is 148 Å². The smallest absolute Gasteiger partial charge is 0.306 e. The van der Waals surface area contributed by atoms with Gasteiger partial charge in [0.15, 0.2) is 6.10 Å². The molecule has 0 amide bonds. The SMILES string of the molecule is CC/C=C\C/C=C\C/C=C\C/C=C\C/C=C\C/C=C\C/C=C\CCCCCC(=O)OCC(COC(=O)CCCCCCC/C=C\CCC)OC(=O)CCCCCCCCCC/C=C\C/C=C\C/C=C\CCCCCCC. The molecule has 0 fully saturated rings. The monoisotopic (exact) mass is 1050 g/mol. The maximum atomic E-state index is 12.9. The molecule has 6 heteroatoms. The number of esters is 3. The number of ether oxygens (including phenoxy) is 3. The van der Waals surface area contributed by atoms with E-state index in [9.17, 15) is 14.4 Å². The van der Waals surface area contributed by atoms with E-state index in [1.807, 2.05) is 0 Å². The summed E-state index contributed by atoms with van der Waals surface area (Å²) >= 11 is 0. The average molecular weight is 1050 g/mol. The van der Waals surface area contributed by atoms with Gasteiger partial charge in [-0.25, -0.2) is 0 Å². The van der Waals surface area contributed by atoms with E-state index in [0.29, 0.717) is 19.3 Å². The minimum atomic E-state index is -0.805. The molecule has 1 atom stereocenters. The molecule has 0 heterocycles. The minimum absolute atomic E-state index is 0.100. The quantitative estimate of drug-likeness (QED) is 0.0261. The molecule has 0 aromatic carbocycles. The first kappa shape index (κ1) is 71.5.